The number of amides is 3. The minimum atomic E-state index is -4.46. The van der Waals surface area contributed by atoms with E-state index in [1.165, 1.54) is 24.3 Å². The van der Waals surface area contributed by atoms with Crippen LogP contribution in [0.3, 0.4) is 0 Å². The average molecular weight is 657 g/mol. The summed E-state index contributed by atoms with van der Waals surface area (Å²) in [6.45, 7) is 8.87. The second kappa shape index (κ2) is 13.1. The first-order valence-electron chi connectivity index (χ1n) is 15.2. The molecule has 2 unspecified atom stereocenters. The summed E-state index contributed by atoms with van der Waals surface area (Å²) in [6, 6.07) is 12.2. The highest BCUT2D eigenvalue weighted by atomic mass is 32.2. The van der Waals surface area contributed by atoms with Crippen LogP contribution in [0.4, 0.5) is 35.3 Å². The number of urea groups is 1. The molecule has 1 N–H and O–H groups in total. The summed E-state index contributed by atoms with van der Waals surface area (Å²) in [4.78, 5) is 42.9. The summed E-state index contributed by atoms with van der Waals surface area (Å²) in [5.41, 5.74) is -4.12. The van der Waals surface area contributed by atoms with Crippen molar-refractivity contribution in [2.45, 2.75) is 41.6 Å². The number of nitrogens with one attached hydrogen (secondary N) is 1. The summed E-state index contributed by atoms with van der Waals surface area (Å²) in [5, 5.41) is 3.06. The first-order valence-corrected chi connectivity index (χ1v) is 16.0. The van der Waals surface area contributed by atoms with Gasteiger partial charge in [-0.15, -0.1) is 0 Å². The van der Waals surface area contributed by atoms with Gasteiger partial charge in [-0.25, -0.2) is 19.7 Å². The molecule has 0 spiro atoms. The van der Waals surface area contributed by atoms with Crippen LogP contribution in [0, 0.1) is 0 Å². The van der Waals surface area contributed by atoms with Gasteiger partial charge in [0.05, 0.1) is 32.1 Å². The number of ether oxygens (including phenoxy) is 2. The van der Waals surface area contributed by atoms with Gasteiger partial charge < -0.3 is 24.6 Å². The van der Waals surface area contributed by atoms with Crippen molar-refractivity contribution in [3.63, 3.8) is 0 Å². The molecule has 3 aliphatic rings. The summed E-state index contributed by atoms with van der Waals surface area (Å²) in [5.74, 6) is -0.0671. The van der Waals surface area contributed by atoms with Gasteiger partial charge in [0.2, 0.25) is 0 Å². The number of carbonyl (C=O) groups excluding carboxylic acids is 2. The lowest BCUT2D eigenvalue weighted by atomic mass is 9.70. The number of morpholine rings is 2. The van der Waals surface area contributed by atoms with Crippen LogP contribution in [0.15, 0.2) is 65.8 Å². The van der Waals surface area contributed by atoms with Crippen LogP contribution in [0.2, 0.25) is 0 Å². The maximum Gasteiger partial charge on any atom is 0.446 e. The maximum absolute atomic E-state index is 14.7. The summed E-state index contributed by atoms with van der Waals surface area (Å²) < 4.78 is 49.9. The Bertz CT molecular complexity index is 1500. The molecule has 1 aromatic carbocycles. The standard InChI is InChI=1S/C32H35F3N6O4S/c1-21(23-7-9-36-27(19-23)39-11-15-44-16-12-39)31(22(2)24-8-10-37-28(20-24)40-13-17-45-18-14-40)29(42)41(30(43)38-31)25-3-5-26(6-4-25)46-32(33,34)35/h3-10,19-22H,11-18H2,1-2H3,(H,38,43). The third-order valence-electron chi connectivity index (χ3n) is 8.98. The van der Waals surface area contributed by atoms with Crippen LogP contribution in [0.25, 0.3) is 0 Å². The van der Waals surface area contributed by atoms with Crippen LogP contribution in [0.5, 0.6) is 0 Å². The fourth-order valence-electron chi connectivity index (χ4n) is 6.42. The van der Waals surface area contributed by atoms with Gasteiger partial charge in [0, 0.05) is 55.3 Å². The van der Waals surface area contributed by atoms with Crippen molar-refractivity contribution < 1.29 is 32.2 Å². The number of carbonyl (C=O) groups is 2. The SMILES string of the molecule is CC(c1ccnc(N2CCOCC2)c1)C1(C(C)c2ccnc(N3CCOCC3)c2)NC(=O)N(c2ccc(SC(F)(F)F)cc2)C1=O. The lowest BCUT2D eigenvalue weighted by molar-refractivity contribution is -0.123. The normalized spacial score (nSPS) is 22.2. The second-order valence-corrected chi connectivity index (χ2v) is 12.7. The van der Waals surface area contributed by atoms with Crippen LogP contribution in [-0.4, -0.2) is 85.6 Å². The van der Waals surface area contributed by atoms with Crippen LogP contribution in [-0.2, 0) is 14.3 Å². The van der Waals surface area contributed by atoms with E-state index in [2.05, 4.69) is 25.1 Å². The Balaban J connectivity index is 1.39. The number of halogens is 3. The number of anilines is 3. The topological polar surface area (TPSA) is 100 Å². The molecule has 5 heterocycles. The molecule has 3 fully saturated rings. The molecule has 2 atom stereocenters. The van der Waals surface area contributed by atoms with E-state index in [0.29, 0.717) is 52.6 Å². The molecule has 10 nitrogen and oxygen atoms in total. The smallest absolute Gasteiger partial charge is 0.378 e. The van der Waals surface area contributed by atoms with Crippen LogP contribution < -0.4 is 20.0 Å². The summed E-state index contributed by atoms with van der Waals surface area (Å²) in [7, 11) is 0. The lowest BCUT2D eigenvalue weighted by Crippen LogP contribution is -2.55. The van der Waals surface area contributed by atoms with Gasteiger partial charge in [0.1, 0.15) is 17.2 Å². The molecule has 0 aliphatic carbocycles. The number of thioether (sulfide) groups is 1. The van der Waals surface area contributed by atoms with E-state index in [1.54, 1.807) is 12.4 Å². The van der Waals surface area contributed by atoms with E-state index in [4.69, 9.17) is 9.47 Å². The van der Waals surface area contributed by atoms with E-state index < -0.39 is 34.8 Å². The molecule has 6 rings (SSSR count). The van der Waals surface area contributed by atoms with E-state index in [0.717, 1.165) is 27.7 Å². The van der Waals surface area contributed by atoms with Crippen molar-refractivity contribution >= 4 is 41.0 Å². The molecule has 46 heavy (non-hydrogen) atoms. The molecular formula is C32H35F3N6O4S. The van der Waals surface area contributed by atoms with Crippen molar-refractivity contribution in [3.05, 3.63) is 72.1 Å². The number of nitrogens with zero attached hydrogens (tertiary/aromatic N) is 5. The largest absolute Gasteiger partial charge is 0.446 e. The number of imide groups is 1. The predicted molar refractivity (Wildman–Crippen MR) is 168 cm³/mol. The van der Waals surface area contributed by atoms with Gasteiger partial charge >= 0.3 is 11.5 Å². The zero-order valence-electron chi connectivity index (χ0n) is 25.5. The zero-order valence-corrected chi connectivity index (χ0v) is 26.3. The van der Waals surface area contributed by atoms with Gasteiger partial charge in [-0.2, -0.15) is 13.2 Å². The molecule has 0 radical (unpaired) electrons. The Morgan fingerprint density at radius 1 is 0.804 bits per heavy atom. The molecule has 2 aromatic heterocycles. The third kappa shape index (κ3) is 6.38. The van der Waals surface area contributed by atoms with Crippen molar-refractivity contribution in [1.82, 2.24) is 15.3 Å². The van der Waals surface area contributed by atoms with Gasteiger partial charge in [0.25, 0.3) is 5.91 Å². The highest BCUT2D eigenvalue weighted by molar-refractivity contribution is 8.00. The molecule has 14 heteroatoms. The number of hydrogen-bond acceptors (Lipinski definition) is 9. The van der Waals surface area contributed by atoms with Crippen LogP contribution >= 0.6 is 11.8 Å². The number of benzene rings is 1. The first kappa shape index (κ1) is 32.1. The van der Waals surface area contributed by atoms with Crippen molar-refractivity contribution in [1.29, 1.82) is 0 Å². The molecule has 244 valence electrons. The molecule has 3 aromatic rings. The highest BCUT2D eigenvalue weighted by Gasteiger charge is 2.58. The van der Waals surface area contributed by atoms with Gasteiger partial charge in [0.15, 0.2) is 0 Å². The molecule has 3 saturated heterocycles. The van der Waals surface area contributed by atoms with E-state index in [1.807, 2.05) is 38.1 Å². The number of alkyl halides is 3. The summed E-state index contributed by atoms with van der Waals surface area (Å²) in [6.07, 6.45) is 3.40. The number of rotatable bonds is 8. The number of pyridine rings is 2. The molecular weight excluding hydrogens is 621 g/mol. The highest BCUT2D eigenvalue weighted by Crippen LogP contribution is 2.46. The fraction of sp³-hybridized carbons (Fsp3) is 0.438. The Morgan fingerprint density at radius 2 is 1.28 bits per heavy atom. The molecule has 3 amide bonds. The molecule has 0 bridgehead atoms. The second-order valence-electron chi connectivity index (χ2n) is 11.5. The van der Waals surface area contributed by atoms with Crippen molar-refractivity contribution in [2.75, 3.05) is 67.3 Å². The predicted octanol–water partition coefficient (Wildman–Crippen LogP) is 5.16. The quantitative estimate of drug-likeness (QED) is 0.260. The van der Waals surface area contributed by atoms with E-state index in [-0.39, 0.29) is 22.3 Å². The van der Waals surface area contributed by atoms with Gasteiger partial charge in [-0.1, -0.05) is 13.8 Å². The Kier molecular flexibility index (Phi) is 9.12. The van der Waals surface area contributed by atoms with Crippen molar-refractivity contribution in [3.8, 4) is 0 Å². The fourth-order valence-corrected chi connectivity index (χ4v) is 6.96. The Morgan fingerprint density at radius 3 is 1.74 bits per heavy atom. The maximum atomic E-state index is 14.7. The van der Waals surface area contributed by atoms with Crippen LogP contribution in [0.1, 0.15) is 36.8 Å². The van der Waals surface area contributed by atoms with Gasteiger partial charge in [-0.3, -0.25) is 4.79 Å². The average Bonchev–Trinajstić information content (AvgIpc) is 3.34. The van der Waals surface area contributed by atoms with Crippen molar-refractivity contribution in [2.24, 2.45) is 0 Å². The lowest BCUT2D eigenvalue weighted by Gasteiger charge is -2.39. The Labute approximate surface area is 269 Å². The van der Waals surface area contributed by atoms with E-state index in [9.17, 15) is 22.8 Å². The minimum Gasteiger partial charge on any atom is -0.378 e. The summed E-state index contributed by atoms with van der Waals surface area (Å²) >= 11 is -0.256. The van der Waals surface area contributed by atoms with Gasteiger partial charge in [-0.05, 0) is 71.4 Å². The number of hydrogen-bond donors (Lipinski definition) is 1. The molecule has 3 aliphatic heterocycles. The van der Waals surface area contributed by atoms with E-state index >= 15 is 0 Å². The zero-order chi connectivity index (χ0) is 32.5. The number of aromatic nitrogens is 2. The minimum absolute atomic E-state index is 0.0452. The monoisotopic (exact) mass is 656 g/mol. The first-order chi connectivity index (χ1) is 22.1. The Hall–Kier alpha value is -3.88. The molecule has 0 saturated carbocycles. The third-order valence-corrected chi connectivity index (χ3v) is 9.72.